The van der Waals surface area contributed by atoms with Gasteiger partial charge in [-0.2, -0.15) is 0 Å². The maximum Gasteiger partial charge on any atom is 0.266 e. The van der Waals surface area contributed by atoms with Crippen molar-refractivity contribution in [3.8, 4) is 0 Å². The van der Waals surface area contributed by atoms with Crippen LogP contribution in [0.15, 0.2) is 102 Å². The van der Waals surface area contributed by atoms with Gasteiger partial charge in [0.2, 0.25) is 0 Å². The molecule has 2 aliphatic heterocycles. The SMILES string of the molecule is NC1=NC(c2ccc(F)cc2)(c2ccc(F)cc2)C(=O)N1Cc1cccc(C(=O)N2Cc3ccccc3C2)c1. The zero-order chi connectivity index (χ0) is 27.1. The number of rotatable bonds is 5. The van der Waals surface area contributed by atoms with Crippen molar-refractivity contribution in [2.45, 2.75) is 25.2 Å². The van der Waals surface area contributed by atoms with Crippen LogP contribution in [-0.4, -0.2) is 27.6 Å². The van der Waals surface area contributed by atoms with Crippen LogP contribution in [0.3, 0.4) is 0 Å². The first-order valence-corrected chi connectivity index (χ1v) is 12.5. The van der Waals surface area contributed by atoms with Gasteiger partial charge in [0.25, 0.3) is 11.8 Å². The molecule has 2 aliphatic rings. The van der Waals surface area contributed by atoms with Gasteiger partial charge in [0.1, 0.15) is 11.6 Å². The molecule has 4 aromatic rings. The summed E-state index contributed by atoms with van der Waals surface area (Å²) in [7, 11) is 0. The standard InChI is InChI=1S/C31H24F2N4O2/c32-26-12-8-24(9-13-26)31(25-10-14-27(33)15-11-25)29(39)37(30(34)35-31)17-20-4-3-7-21(16-20)28(38)36-18-22-5-1-2-6-23(22)19-36/h1-16H,17-19H2,(H2,34,35). The van der Waals surface area contributed by atoms with Gasteiger partial charge in [0.05, 0.1) is 6.54 Å². The Hall–Kier alpha value is -4.85. The van der Waals surface area contributed by atoms with E-state index in [4.69, 9.17) is 5.73 Å². The van der Waals surface area contributed by atoms with Gasteiger partial charge in [-0.1, -0.05) is 60.7 Å². The van der Waals surface area contributed by atoms with Crippen LogP contribution in [-0.2, 0) is 30.0 Å². The summed E-state index contributed by atoms with van der Waals surface area (Å²) in [6.45, 7) is 1.16. The Labute approximate surface area is 224 Å². The second-order valence-electron chi connectivity index (χ2n) is 9.72. The highest BCUT2D eigenvalue weighted by Crippen LogP contribution is 2.40. The van der Waals surface area contributed by atoms with Gasteiger partial charge in [0.15, 0.2) is 11.5 Å². The maximum atomic E-state index is 14.0. The Kier molecular flexibility index (Phi) is 5.95. The summed E-state index contributed by atoms with van der Waals surface area (Å²) in [5, 5.41) is 0. The van der Waals surface area contributed by atoms with Gasteiger partial charge >= 0.3 is 0 Å². The second-order valence-corrected chi connectivity index (χ2v) is 9.72. The number of carbonyl (C=O) groups excluding carboxylic acids is 2. The summed E-state index contributed by atoms with van der Waals surface area (Å²) in [5.41, 5.74) is 8.98. The third-order valence-corrected chi connectivity index (χ3v) is 7.28. The van der Waals surface area contributed by atoms with Crippen molar-refractivity contribution in [2.24, 2.45) is 10.7 Å². The summed E-state index contributed by atoms with van der Waals surface area (Å²) >= 11 is 0. The van der Waals surface area contributed by atoms with Crippen LogP contribution in [0.1, 0.15) is 38.2 Å². The number of nitrogens with zero attached hydrogens (tertiary/aromatic N) is 3. The highest BCUT2D eigenvalue weighted by atomic mass is 19.1. The lowest BCUT2D eigenvalue weighted by molar-refractivity contribution is -0.130. The monoisotopic (exact) mass is 522 g/mol. The average Bonchev–Trinajstić information content (AvgIpc) is 3.49. The number of guanidine groups is 1. The number of benzene rings is 4. The van der Waals surface area contributed by atoms with E-state index in [2.05, 4.69) is 4.99 Å². The number of aliphatic imine (C=N–C) groups is 1. The van der Waals surface area contributed by atoms with Crippen molar-refractivity contribution >= 4 is 17.8 Å². The molecule has 6 nitrogen and oxygen atoms in total. The van der Waals surface area contributed by atoms with E-state index in [0.29, 0.717) is 35.3 Å². The molecule has 39 heavy (non-hydrogen) atoms. The first kappa shape index (κ1) is 24.5. The first-order chi connectivity index (χ1) is 18.8. The number of nitrogens with two attached hydrogens (primary N) is 1. The molecule has 0 bridgehead atoms. The van der Waals surface area contributed by atoms with E-state index in [0.717, 1.165) is 11.1 Å². The fraction of sp³-hybridized carbons (Fsp3) is 0.129. The summed E-state index contributed by atoms with van der Waals surface area (Å²) in [4.78, 5) is 35.0. The zero-order valence-corrected chi connectivity index (χ0v) is 20.9. The smallest absolute Gasteiger partial charge is 0.266 e. The molecule has 0 saturated carbocycles. The molecule has 2 N–H and O–H groups in total. The van der Waals surface area contributed by atoms with Crippen molar-refractivity contribution in [3.63, 3.8) is 0 Å². The molecule has 2 amide bonds. The average molecular weight is 523 g/mol. The van der Waals surface area contributed by atoms with E-state index >= 15 is 0 Å². The Morgan fingerprint density at radius 1 is 0.821 bits per heavy atom. The molecule has 0 atom stereocenters. The van der Waals surface area contributed by atoms with Gasteiger partial charge in [-0.05, 0) is 64.2 Å². The van der Waals surface area contributed by atoms with Crippen LogP contribution in [0.2, 0.25) is 0 Å². The molecule has 0 fully saturated rings. The van der Waals surface area contributed by atoms with Gasteiger partial charge in [-0.25, -0.2) is 13.8 Å². The second kappa shape index (κ2) is 9.47. The summed E-state index contributed by atoms with van der Waals surface area (Å²) in [6.07, 6.45) is 0. The van der Waals surface area contributed by atoms with Gasteiger partial charge in [0, 0.05) is 18.7 Å². The minimum Gasteiger partial charge on any atom is -0.369 e. The molecule has 0 spiro atoms. The molecule has 0 radical (unpaired) electrons. The maximum absolute atomic E-state index is 14.0. The molecule has 0 unspecified atom stereocenters. The number of hydrogen-bond donors (Lipinski definition) is 1. The molecular weight excluding hydrogens is 498 g/mol. The minimum atomic E-state index is -1.60. The third-order valence-electron chi connectivity index (χ3n) is 7.28. The van der Waals surface area contributed by atoms with Crippen LogP contribution in [0.5, 0.6) is 0 Å². The molecule has 8 heteroatoms. The Bertz CT molecular complexity index is 1550. The zero-order valence-electron chi connectivity index (χ0n) is 20.9. The predicted octanol–water partition coefficient (Wildman–Crippen LogP) is 4.72. The van der Waals surface area contributed by atoms with Crippen LogP contribution >= 0.6 is 0 Å². The summed E-state index contributed by atoms with van der Waals surface area (Å²) in [6, 6.07) is 25.9. The van der Waals surface area contributed by atoms with Crippen LogP contribution < -0.4 is 5.73 Å². The molecule has 0 saturated heterocycles. The van der Waals surface area contributed by atoms with Crippen molar-refractivity contribution in [1.29, 1.82) is 0 Å². The summed E-state index contributed by atoms with van der Waals surface area (Å²) < 4.78 is 27.5. The lowest BCUT2D eigenvalue weighted by atomic mass is 9.82. The molecule has 0 aromatic heterocycles. The number of fused-ring (bicyclic) bond motifs is 1. The fourth-order valence-corrected chi connectivity index (χ4v) is 5.30. The minimum absolute atomic E-state index is 0.0274. The Morgan fingerprint density at radius 2 is 1.38 bits per heavy atom. The number of carbonyl (C=O) groups is 2. The number of hydrogen-bond acceptors (Lipinski definition) is 4. The van der Waals surface area contributed by atoms with E-state index in [1.165, 1.54) is 53.4 Å². The molecule has 4 aromatic carbocycles. The lowest BCUT2D eigenvalue weighted by Gasteiger charge is -2.27. The molecule has 6 rings (SSSR count). The normalized spacial score (nSPS) is 15.8. The van der Waals surface area contributed by atoms with E-state index in [1.807, 2.05) is 30.3 Å². The predicted molar refractivity (Wildman–Crippen MR) is 142 cm³/mol. The Balaban J connectivity index is 1.29. The van der Waals surface area contributed by atoms with Crippen LogP contribution in [0.4, 0.5) is 8.78 Å². The van der Waals surface area contributed by atoms with E-state index in [1.54, 1.807) is 23.1 Å². The topological polar surface area (TPSA) is 79.0 Å². The van der Waals surface area contributed by atoms with Crippen molar-refractivity contribution in [1.82, 2.24) is 9.80 Å². The third kappa shape index (κ3) is 4.24. The van der Waals surface area contributed by atoms with E-state index in [-0.39, 0.29) is 18.4 Å². The van der Waals surface area contributed by atoms with Gasteiger partial charge < -0.3 is 10.6 Å². The van der Waals surface area contributed by atoms with Gasteiger partial charge in [-0.15, -0.1) is 0 Å². The van der Waals surface area contributed by atoms with E-state index < -0.39 is 23.1 Å². The highest BCUT2D eigenvalue weighted by Gasteiger charge is 2.50. The molecule has 0 aliphatic carbocycles. The fourth-order valence-electron chi connectivity index (χ4n) is 5.30. The summed E-state index contributed by atoms with van der Waals surface area (Å²) in [5.74, 6) is -1.51. The molecule has 2 heterocycles. The van der Waals surface area contributed by atoms with Crippen molar-refractivity contribution in [3.05, 3.63) is 142 Å². The number of halogens is 2. The van der Waals surface area contributed by atoms with Gasteiger partial charge in [-0.3, -0.25) is 14.5 Å². The van der Waals surface area contributed by atoms with Crippen LogP contribution in [0, 0.1) is 11.6 Å². The van der Waals surface area contributed by atoms with E-state index in [9.17, 15) is 18.4 Å². The quantitative estimate of drug-likeness (QED) is 0.412. The van der Waals surface area contributed by atoms with Crippen molar-refractivity contribution < 1.29 is 18.4 Å². The Morgan fingerprint density at radius 3 is 1.95 bits per heavy atom. The highest BCUT2D eigenvalue weighted by molar-refractivity contribution is 6.09. The number of amides is 2. The first-order valence-electron chi connectivity index (χ1n) is 12.5. The lowest BCUT2D eigenvalue weighted by Crippen LogP contribution is -2.43. The largest absolute Gasteiger partial charge is 0.369 e. The molecular formula is C31H24F2N4O2. The van der Waals surface area contributed by atoms with Crippen LogP contribution in [0.25, 0.3) is 0 Å². The molecule has 194 valence electrons. The van der Waals surface area contributed by atoms with Crippen molar-refractivity contribution in [2.75, 3.05) is 0 Å².